The molecule has 0 fully saturated rings. The lowest BCUT2D eigenvalue weighted by atomic mass is 9.94. The number of rotatable bonds is 3. The molecular formula is C13H15ClN2S. The average Bonchev–Trinajstić information content (AvgIpc) is 2.97. The third-order valence-electron chi connectivity index (χ3n) is 3.35. The Balaban J connectivity index is 2.09. The molecule has 1 aliphatic carbocycles. The fraction of sp³-hybridized carbons (Fsp3) is 0.462. The molecule has 0 atom stereocenters. The zero-order valence-electron chi connectivity index (χ0n) is 9.66. The number of alkyl halides is 1. The maximum atomic E-state index is 5.85. The first-order valence-corrected chi connectivity index (χ1v) is 7.55. The maximum absolute atomic E-state index is 5.85. The third kappa shape index (κ3) is 2.02. The van der Waals surface area contributed by atoms with E-state index in [2.05, 4.69) is 21.5 Å². The van der Waals surface area contributed by atoms with Crippen molar-refractivity contribution in [2.75, 3.05) is 5.88 Å². The predicted octanol–water partition coefficient (Wildman–Crippen LogP) is 3.73. The van der Waals surface area contributed by atoms with Crippen molar-refractivity contribution in [2.45, 2.75) is 32.2 Å². The second kappa shape index (κ2) is 4.83. The van der Waals surface area contributed by atoms with Crippen molar-refractivity contribution in [1.82, 2.24) is 9.78 Å². The fourth-order valence-electron chi connectivity index (χ4n) is 2.57. The molecule has 1 aliphatic rings. The molecule has 0 bridgehead atoms. The van der Waals surface area contributed by atoms with Crippen molar-refractivity contribution in [3.05, 3.63) is 28.1 Å². The highest BCUT2D eigenvalue weighted by Crippen LogP contribution is 2.32. The molecule has 0 spiro atoms. The maximum Gasteiger partial charge on any atom is 0.0966 e. The average molecular weight is 267 g/mol. The number of hydrogen-bond acceptors (Lipinski definition) is 2. The van der Waals surface area contributed by atoms with E-state index >= 15 is 0 Å². The van der Waals surface area contributed by atoms with Crippen LogP contribution in [0.1, 0.15) is 24.1 Å². The Bertz CT molecular complexity index is 502. The molecule has 0 aromatic carbocycles. The second-order valence-electron chi connectivity index (χ2n) is 4.41. The quantitative estimate of drug-likeness (QED) is 0.774. The Morgan fingerprint density at radius 1 is 1.35 bits per heavy atom. The summed E-state index contributed by atoms with van der Waals surface area (Å²) in [7, 11) is 0. The first-order valence-electron chi connectivity index (χ1n) is 6.07. The first-order chi connectivity index (χ1) is 8.40. The molecular weight excluding hydrogens is 252 g/mol. The largest absolute Gasteiger partial charge is 0.267 e. The molecule has 2 nitrogen and oxygen atoms in total. The lowest BCUT2D eigenvalue weighted by molar-refractivity contribution is 0.584. The number of nitrogens with zero attached hydrogens (tertiary/aromatic N) is 2. The van der Waals surface area contributed by atoms with Crippen molar-refractivity contribution in [1.29, 1.82) is 0 Å². The van der Waals surface area contributed by atoms with Crippen molar-refractivity contribution >= 4 is 22.9 Å². The van der Waals surface area contributed by atoms with E-state index in [1.165, 1.54) is 41.8 Å². The Kier molecular flexibility index (Phi) is 3.21. The van der Waals surface area contributed by atoms with Crippen molar-refractivity contribution in [3.63, 3.8) is 0 Å². The van der Waals surface area contributed by atoms with Gasteiger partial charge in [-0.15, -0.1) is 11.6 Å². The van der Waals surface area contributed by atoms with E-state index in [1.807, 2.05) is 0 Å². The van der Waals surface area contributed by atoms with Crippen LogP contribution in [0.25, 0.3) is 11.3 Å². The summed E-state index contributed by atoms with van der Waals surface area (Å²) in [4.78, 5) is 0. The molecule has 0 radical (unpaired) electrons. The SMILES string of the molecule is ClCCn1nc(-c2ccsc2)c2c1CCCC2. The van der Waals surface area contributed by atoms with Gasteiger partial charge in [0.2, 0.25) is 0 Å². The van der Waals surface area contributed by atoms with E-state index in [0.717, 1.165) is 13.0 Å². The summed E-state index contributed by atoms with van der Waals surface area (Å²) in [6.45, 7) is 0.827. The van der Waals surface area contributed by atoms with Gasteiger partial charge in [0, 0.05) is 28.1 Å². The summed E-state index contributed by atoms with van der Waals surface area (Å²) in [6, 6.07) is 2.16. The Hall–Kier alpha value is -0.800. The van der Waals surface area contributed by atoms with Gasteiger partial charge in [-0.2, -0.15) is 16.4 Å². The summed E-state index contributed by atoms with van der Waals surface area (Å²) >= 11 is 7.59. The molecule has 17 heavy (non-hydrogen) atoms. The van der Waals surface area contributed by atoms with Gasteiger partial charge in [0.05, 0.1) is 12.2 Å². The molecule has 0 N–H and O–H groups in total. The van der Waals surface area contributed by atoms with Crippen LogP contribution in [0.5, 0.6) is 0 Å². The zero-order chi connectivity index (χ0) is 11.7. The van der Waals surface area contributed by atoms with Gasteiger partial charge in [-0.3, -0.25) is 4.68 Å². The Morgan fingerprint density at radius 3 is 3.00 bits per heavy atom. The number of hydrogen-bond donors (Lipinski definition) is 0. The minimum absolute atomic E-state index is 0.636. The van der Waals surface area contributed by atoms with E-state index in [0.29, 0.717) is 5.88 Å². The van der Waals surface area contributed by atoms with E-state index in [-0.39, 0.29) is 0 Å². The minimum Gasteiger partial charge on any atom is -0.267 e. The standard InChI is InChI=1S/C13H15ClN2S/c14-6-7-16-12-4-2-1-3-11(12)13(15-16)10-5-8-17-9-10/h5,8-9H,1-4,6-7H2. The zero-order valence-corrected chi connectivity index (χ0v) is 11.2. The normalized spacial score (nSPS) is 14.9. The fourth-order valence-corrected chi connectivity index (χ4v) is 3.37. The molecule has 90 valence electrons. The van der Waals surface area contributed by atoms with Gasteiger partial charge in [0.15, 0.2) is 0 Å². The van der Waals surface area contributed by atoms with Gasteiger partial charge in [0.1, 0.15) is 0 Å². The Morgan fingerprint density at radius 2 is 2.24 bits per heavy atom. The topological polar surface area (TPSA) is 17.8 Å². The molecule has 0 saturated carbocycles. The number of aryl methyl sites for hydroxylation is 1. The van der Waals surface area contributed by atoms with Gasteiger partial charge < -0.3 is 0 Å². The van der Waals surface area contributed by atoms with Crippen LogP contribution in [0.15, 0.2) is 16.8 Å². The summed E-state index contributed by atoms with van der Waals surface area (Å²) in [5, 5.41) is 9.06. The molecule has 4 heteroatoms. The van der Waals surface area contributed by atoms with Gasteiger partial charge in [-0.25, -0.2) is 0 Å². The van der Waals surface area contributed by atoms with E-state index in [1.54, 1.807) is 11.3 Å². The smallest absolute Gasteiger partial charge is 0.0966 e. The molecule has 0 amide bonds. The minimum atomic E-state index is 0.636. The van der Waals surface area contributed by atoms with Gasteiger partial charge in [-0.05, 0) is 37.1 Å². The molecule has 3 rings (SSSR count). The number of fused-ring (bicyclic) bond motifs is 1. The molecule has 0 aliphatic heterocycles. The predicted molar refractivity (Wildman–Crippen MR) is 72.9 cm³/mol. The summed E-state index contributed by atoms with van der Waals surface area (Å²) in [6.07, 6.45) is 4.90. The molecule has 2 aromatic heterocycles. The lowest BCUT2D eigenvalue weighted by Gasteiger charge is -2.13. The highest BCUT2D eigenvalue weighted by Gasteiger charge is 2.21. The van der Waals surface area contributed by atoms with E-state index < -0.39 is 0 Å². The van der Waals surface area contributed by atoms with Crippen LogP contribution in [0.2, 0.25) is 0 Å². The number of halogens is 1. The molecule has 0 saturated heterocycles. The summed E-state index contributed by atoms with van der Waals surface area (Å²) in [5.74, 6) is 0.636. The van der Waals surface area contributed by atoms with Crippen LogP contribution in [0, 0.1) is 0 Å². The van der Waals surface area contributed by atoms with Crippen molar-refractivity contribution < 1.29 is 0 Å². The Labute approximate surface area is 110 Å². The molecule has 0 unspecified atom stereocenters. The number of aromatic nitrogens is 2. The van der Waals surface area contributed by atoms with Crippen LogP contribution < -0.4 is 0 Å². The first kappa shape index (κ1) is 11.3. The summed E-state index contributed by atoms with van der Waals surface area (Å²) in [5.41, 5.74) is 5.32. The van der Waals surface area contributed by atoms with Crippen molar-refractivity contribution in [2.24, 2.45) is 0 Å². The number of thiophene rings is 1. The molecule has 2 aromatic rings. The van der Waals surface area contributed by atoms with Crippen LogP contribution in [0.3, 0.4) is 0 Å². The van der Waals surface area contributed by atoms with E-state index in [9.17, 15) is 0 Å². The highest BCUT2D eigenvalue weighted by atomic mass is 35.5. The van der Waals surface area contributed by atoms with Crippen molar-refractivity contribution in [3.8, 4) is 11.3 Å². The summed E-state index contributed by atoms with van der Waals surface area (Å²) < 4.78 is 2.12. The van der Waals surface area contributed by atoms with Crippen LogP contribution >= 0.6 is 22.9 Å². The van der Waals surface area contributed by atoms with Crippen LogP contribution in [-0.2, 0) is 19.4 Å². The third-order valence-corrected chi connectivity index (χ3v) is 4.20. The van der Waals surface area contributed by atoms with Crippen LogP contribution in [0.4, 0.5) is 0 Å². The van der Waals surface area contributed by atoms with Gasteiger partial charge in [-0.1, -0.05) is 0 Å². The van der Waals surface area contributed by atoms with E-state index in [4.69, 9.17) is 16.7 Å². The van der Waals surface area contributed by atoms with Gasteiger partial charge >= 0.3 is 0 Å². The molecule has 2 heterocycles. The van der Waals surface area contributed by atoms with Crippen LogP contribution in [-0.4, -0.2) is 15.7 Å². The second-order valence-corrected chi connectivity index (χ2v) is 5.56. The lowest BCUT2D eigenvalue weighted by Crippen LogP contribution is -2.10. The monoisotopic (exact) mass is 266 g/mol. The highest BCUT2D eigenvalue weighted by molar-refractivity contribution is 7.08. The van der Waals surface area contributed by atoms with Gasteiger partial charge in [0.25, 0.3) is 0 Å².